The first kappa shape index (κ1) is 25.2. The number of alkyl halides is 3. The van der Waals surface area contributed by atoms with Crippen LogP contribution in [0.15, 0.2) is 54.6 Å². The molecule has 10 heteroatoms. The zero-order valence-corrected chi connectivity index (χ0v) is 18.8. The Balaban J connectivity index is 1.44. The van der Waals surface area contributed by atoms with Gasteiger partial charge in [0.15, 0.2) is 0 Å². The van der Waals surface area contributed by atoms with Crippen LogP contribution in [0.4, 0.5) is 24.5 Å². The number of halogens is 3. The van der Waals surface area contributed by atoms with E-state index < -0.39 is 17.6 Å². The van der Waals surface area contributed by atoms with Gasteiger partial charge in [0.25, 0.3) is 0 Å². The first-order chi connectivity index (χ1) is 16.1. The first-order valence-electron chi connectivity index (χ1n) is 10.9. The molecular formula is C24H27F3N4O3. The molecule has 3 amide bonds. The summed E-state index contributed by atoms with van der Waals surface area (Å²) in [5.74, 6) is -1.12. The highest BCUT2D eigenvalue weighted by atomic mass is 19.4. The molecule has 0 unspecified atom stereocenters. The molecule has 1 fully saturated rings. The van der Waals surface area contributed by atoms with E-state index in [-0.39, 0.29) is 36.5 Å². The number of rotatable bonds is 7. The van der Waals surface area contributed by atoms with E-state index in [1.54, 1.807) is 11.9 Å². The fourth-order valence-electron chi connectivity index (χ4n) is 3.82. The van der Waals surface area contributed by atoms with Crippen molar-refractivity contribution >= 4 is 29.1 Å². The number of hydrogen-bond donors (Lipinski definition) is 2. The number of piperidine rings is 1. The molecule has 3 rings (SSSR count). The molecule has 1 aliphatic heterocycles. The number of nitrogens with zero attached hydrogens (tertiary/aromatic N) is 2. The number of amides is 3. The van der Waals surface area contributed by atoms with Gasteiger partial charge in [-0.2, -0.15) is 13.2 Å². The Labute approximate surface area is 195 Å². The summed E-state index contributed by atoms with van der Waals surface area (Å²) >= 11 is 0. The minimum atomic E-state index is -4.59. The number of benzene rings is 2. The summed E-state index contributed by atoms with van der Waals surface area (Å²) in [6.45, 7) is 0.540. The third-order valence-corrected chi connectivity index (χ3v) is 5.59. The van der Waals surface area contributed by atoms with E-state index in [0.717, 1.165) is 11.8 Å². The van der Waals surface area contributed by atoms with Crippen molar-refractivity contribution in [2.24, 2.45) is 5.92 Å². The molecule has 0 saturated carbocycles. The van der Waals surface area contributed by atoms with Crippen LogP contribution in [0, 0.1) is 5.92 Å². The van der Waals surface area contributed by atoms with Gasteiger partial charge in [-0.1, -0.05) is 30.3 Å². The van der Waals surface area contributed by atoms with Crippen molar-refractivity contribution in [1.29, 1.82) is 0 Å². The van der Waals surface area contributed by atoms with Gasteiger partial charge in [-0.3, -0.25) is 19.3 Å². The molecule has 1 heterocycles. The van der Waals surface area contributed by atoms with Gasteiger partial charge < -0.3 is 15.5 Å². The smallest absolute Gasteiger partial charge is 0.342 e. The molecule has 0 atom stereocenters. The number of anilines is 2. The van der Waals surface area contributed by atoms with E-state index >= 15 is 0 Å². The van der Waals surface area contributed by atoms with Crippen LogP contribution in [0.25, 0.3) is 0 Å². The molecule has 7 nitrogen and oxygen atoms in total. The first-order valence-corrected chi connectivity index (χ1v) is 10.9. The SMILES string of the molecule is CN(CC(=O)Nc1ccccc1C(F)(F)F)CC(=O)N1CCC(C(=O)Nc2ccccc2)CC1. The summed E-state index contributed by atoms with van der Waals surface area (Å²) in [5.41, 5.74) is -0.527. The Bertz CT molecular complexity index is 1010. The molecule has 0 radical (unpaired) electrons. The van der Waals surface area contributed by atoms with Crippen LogP contribution < -0.4 is 10.6 Å². The average Bonchev–Trinajstić information content (AvgIpc) is 2.79. The third kappa shape index (κ3) is 7.05. The summed E-state index contributed by atoms with van der Waals surface area (Å²) in [7, 11) is 1.55. The van der Waals surface area contributed by atoms with Crippen LogP contribution in [0.2, 0.25) is 0 Å². The molecule has 0 bridgehead atoms. The molecular weight excluding hydrogens is 449 g/mol. The minimum Gasteiger partial charge on any atom is -0.342 e. The molecule has 0 spiro atoms. The van der Waals surface area contributed by atoms with Gasteiger partial charge >= 0.3 is 6.18 Å². The Morgan fingerprint density at radius 3 is 2.21 bits per heavy atom. The van der Waals surface area contributed by atoms with Crippen LogP contribution in [0.5, 0.6) is 0 Å². The summed E-state index contributed by atoms with van der Waals surface area (Å²) in [5, 5.41) is 5.15. The fourth-order valence-corrected chi connectivity index (χ4v) is 3.82. The van der Waals surface area contributed by atoms with Crippen molar-refractivity contribution in [3.05, 3.63) is 60.2 Å². The number of carbonyl (C=O) groups is 3. The normalized spacial score (nSPS) is 14.7. The van der Waals surface area contributed by atoms with Gasteiger partial charge in [0.1, 0.15) is 0 Å². The lowest BCUT2D eigenvalue weighted by molar-refractivity contribution is -0.137. The lowest BCUT2D eigenvalue weighted by atomic mass is 9.95. The number of nitrogens with one attached hydrogen (secondary N) is 2. The molecule has 0 aliphatic carbocycles. The van der Waals surface area contributed by atoms with Crippen molar-refractivity contribution in [2.45, 2.75) is 19.0 Å². The van der Waals surface area contributed by atoms with Crippen LogP contribution in [-0.2, 0) is 20.6 Å². The number of para-hydroxylation sites is 2. The number of likely N-dealkylation sites (tertiary alicyclic amines) is 1. The highest BCUT2D eigenvalue weighted by molar-refractivity contribution is 5.94. The standard InChI is InChI=1S/C24H27F3N4O3/c1-30(15-21(32)29-20-10-6-5-9-19(20)24(25,26)27)16-22(33)31-13-11-17(12-14-31)23(34)28-18-7-3-2-4-8-18/h2-10,17H,11-16H2,1H3,(H,28,34)(H,29,32). The zero-order chi connectivity index (χ0) is 24.7. The fraction of sp³-hybridized carbons (Fsp3) is 0.375. The highest BCUT2D eigenvalue weighted by Gasteiger charge is 2.33. The predicted octanol–water partition coefficient (Wildman–Crippen LogP) is 3.45. The Kier molecular flexibility index (Phi) is 8.27. The van der Waals surface area contributed by atoms with Gasteiger partial charge in [0.2, 0.25) is 17.7 Å². The van der Waals surface area contributed by atoms with E-state index in [1.165, 1.54) is 23.1 Å². The molecule has 2 aromatic carbocycles. The van der Waals surface area contributed by atoms with Crippen molar-refractivity contribution in [3.63, 3.8) is 0 Å². The zero-order valence-electron chi connectivity index (χ0n) is 18.8. The number of carbonyl (C=O) groups excluding carboxylic acids is 3. The second kappa shape index (κ2) is 11.1. The van der Waals surface area contributed by atoms with E-state index in [9.17, 15) is 27.6 Å². The van der Waals surface area contributed by atoms with Gasteiger partial charge in [-0.05, 0) is 44.2 Å². The minimum absolute atomic E-state index is 0.0603. The summed E-state index contributed by atoms with van der Waals surface area (Å²) in [4.78, 5) is 40.4. The van der Waals surface area contributed by atoms with Crippen LogP contribution >= 0.6 is 0 Å². The molecule has 0 aromatic heterocycles. The quantitative estimate of drug-likeness (QED) is 0.642. The molecule has 2 N–H and O–H groups in total. The Morgan fingerprint density at radius 2 is 1.56 bits per heavy atom. The monoisotopic (exact) mass is 476 g/mol. The molecule has 1 saturated heterocycles. The van der Waals surface area contributed by atoms with Gasteiger partial charge in [0.05, 0.1) is 24.3 Å². The van der Waals surface area contributed by atoms with E-state index in [2.05, 4.69) is 10.6 Å². The number of hydrogen-bond acceptors (Lipinski definition) is 4. The van der Waals surface area contributed by atoms with Crippen LogP contribution in [0.3, 0.4) is 0 Å². The lowest BCUT2D eigenvalue weighted by Crippen LogP contribution is -2.46. The molecule has 182 valence electrons. The summed E-state index contributed by atoms with van der Waals surface area (Å²) in [6.07, 6.45) is -3.53. The highest BCUT2D eigenvalue weighted by Crippen LogP contribution is 2.34. The second-order valence-electron chi connectivity index (χ2n) is 8.27. The second-order valence-corrected chi connectivity index (χ2v) is 8.27. The summed E-state index contributed by atoms with van der Waals surface area (Å²) in [6, 6.07) is 13.9. The molecule has 1 aliphatic rings. The molecule has 34 heavy (non-hydrogen) atoms. The maximum Gasteiger partial charge on any atom is 0.418 e. The number of likely N-dealkylation sites (N-methyl/N-ethyl adjacent to an activating group) is 1. The lowest BCUT2D eigenvalue weighted by Gasteiger charge is -2.32. The van der Waals surface area contributed by atoms with Crippen molar-refractivity contribution in [2.75, 3.05) is 43.9 Å². The van der Waals surface area contributed by atoms with E-state index in [0.29, 0.717) is 25.9 Å². The van der Waals surface area contributed by atoms with E-state index in [4.69, 9.17) is 0 Å². The maximum absolute atomic E-state index is 13.1. The van der Waals surface area contributed by atoms with Crippen LogP contribution in [-0.4, -0.2) is 60.7 Å². The molecule has 2 aromatic rings. The van der Waals surface area contributed by atoms with Gasteiger partial charge in [-0.15, -0.1) is 0 Å². The van der Waals surface area contributed by atoms with Crippen molar-refractivity contribution < 1.29 is 27.6 Å². The van der Waals surface area contributed by atoms with Crippen molar-refractivity contribution in [3.8, 4) is 0 Å². The Morgan fingerprint density at radius 1 is 0.941 bits per heavy atom. The van der Waals surface area contributed by atoms with Gasteiger partial charge in [-0.25, -0.2) is 0 Å². The summed E-state index contributed by atoms with van der Waals surface area (Å²) < 4.78 is 39.3. The van der Waals surface area contributed by atoms with Crippen LogP contribution in [0.1, 0.15) is 18.4 Å². The largest absolute Gasteiger partial charge is 0.418 e. The van der Waals surface area contributed by atoms with Gasteiger partial charge in [0, 0.05) is 24.7 Å². The maximum atomic E-state index is 13.1. The van der Waals surface area contributed by atoms with E-state index in [1.807, 2.05) is 30.3 Å². The Hall–Kier alpha value is -3.40. The predicted molar refractivity (Wildman–Crippen MR) is 122 cm³/mol. The average molecular weight is 476 g/mol. The van der Waals surface area contributed by atoms with Crippen molar-refractivity contribution in [1.82, 2.24) is 9.80 Å². The third-order valence-electron chi connectivity index (χ3n) is 5.59. The topological polar surface area (TPSA) is 81.8 Å².